The Morgan fingerprint density at radius 1 is 1.03 bits per heavy atom. The molecule has 0 aromatic rings. The topological polar surface area (TPSA) is 91.4 Å². The molecule has 0 aromatic heterocycles. The van der Waals surface area contributed by atoms with Crippen molar-refractivity contribution >= 4 is 17.7 Å². The summed E-state index contributed by atoms with van der Waals surface area (Å²) in [6, 6.07) is 0. The summed E-state index contributed by atoms with van der Waals surface area (Å²) in [7, 11) is 0. The second-order valence-corrected chi connectivity index (χ2v) is 8.72. The van der Waals surface area contributed by atoms with Gasteiger partial charge in [0.15, 0.2) is 0 Å². The fourth-order valence-electron chi connectivity index (χ4n) is 4.46. The predicted octanol–water partition coefficient (Wildman–Crippen LogP) is 0.606. The van der Waals surface area contributed by atoms with Crippen LogP contribution in [-0.2, 0) is 23.9 Å². The van der Waals surface area contributed by atoms with E-state index in [4.69, 9.17) is 9.47 Å². The van der Waals surface area contributed by atoms with E-state index in [1.807, 2.05) is 6.92 Å². The van der Waals surface area contributed by atoms with E-state index in [1.54, 1.807) is 9.80 Å². The zero-order chi connectivity index (χ0) is 22.9. The van der Waals surface area contributed by atoms with Gasteiger partial charge in [-0.25, -0.2) is 0 Å². The van der Waals surface area contributed by atoms with Crippen molar-refractivity contribution in [2.24, 2.45) is 5.92 Å². The van der Waals surface area contributed by atoms with Crippen molar-refractivity contribution in [1.82, 2.24) is 20.0 Å². The lowest BCUT2D eigenvalue weighted by Gasteiger charge is -2.37. The van der Waals surface area contributed by atoms with Crippen LogP contribution in [0, 0.1) is 5.92 Å². The normalized spacial score (nSPS) is 22.9. The number of allylic oxidation sites excluding steroid dienone is 1. The summed E-state index contributed by atoms with van der Waals surface area (Å²) >= 11 is 0. The van der Waals surface area contributed by atoms with Gasteiger partial charge in [-0.15, -0.1) is 0 Å². The molecule has 9 nitrogen and oxygen atoms in total. The molecule has 0 aromatic carbocycles. The minimum absolute atomic E-state index is 0.0301. The van der Waals surface area contributed by atoms with Crippen LogP contribution in [0.15, 0.2) is 11.3 Å². The van der Waals surface area contributed by atoms with Crippen LogP contribution in [0.2, 0.25) is 0 Å². The van der Waals surface area contributed by atoms with E-state index in [0.29, 0.717) is 51.4 Å². The van der Waals surface area contributed by atoms with Gasteiger partial charge in [-0.3, -0.25) is 19.3 Å². The monoisotopic (exact) mass is 450 g/mol. The molecule has 2 fully saturated rings. The summed E-state index contributed by atoms with van der Waals surface area (Å²) in [6.07, 6.45) is 2.25. The molecular formula is C23H38N4O5. The maximum Gasteiger partial charge on any atom is 0.251 e. The molecule has 1 unspecified atom stereocenters. The van der Waals surface area contributed by atoms with Crippen LogP contribution in [-0.4, -0.2) is 105 Å². The van der Waals surface area contributed by atoms with Crippen molar-refractivity contribution in [1.29, 1.82) is 0 Å². The van der Waals surface area contributed by atoms with Gasteiger partial charge in [0.2, 0.25) is 11.8 Å². The largest absolute Gasteiger partial charge is 0.379 e. The number of hydrogen-bond acceptors (Lipinski definition) is 6. The van der Waals surface area contributed by atoms with Gasteiger partial charge in [-0.2, -0.15) is 0 Å². The van der Waals surface area contributed by atoms with Gasteiger partial charge >= 0.3 is 0 Å². The molecule has 3 aliphatic rings. The average Bonchev–Trinajstić information content (AvgIpc) is 2.81. The highest BCUT2D eigenvalue weighted by Crippen LogP contribution is 2.31. The van der Waals surface area contributed by atoms with E-state index in [0.717, 1.165) is 51.4 Å². The van der Waals surface area contributed by atoms with Gasteiger partial charge in [0.05, 0.1) is 32.3 Å². The van der Waals surface area contributed by atoms with E-state index < -0.39 is 5.92 Å². The number of nitrogens with one attached hydrogen (secondary N) is 1. The average molecular weight is 451 g/mol. The van der Waals surface area contributed by atoms with Crippen LogP contribution in [0.1, 0.15) is 39.5 Å². The van der Waals surface area contributed by atoms with Crippen molar-refractivity contribution in [3.8, 4) is 0 Å². The first-order valence-corrected chi connectivity index (χ1v) is 12.0. The molecule has 1 N–H and O–H groups in total. The number of morpholine rings is 2. The number of amides is 3. The van der Waals surface area contributed by atoms with E-state index in [-0.39, 0.29) is 24.1 Å². The first-order chi connectivity index (χ1) is 15.5. The molecule has 0 bridgehead atoms. The Labute approximate surface area is 191 Å². The molecule has 3 aliphatic heterocycles. The molecule has 3 heterocycles. The van der Waals surface area contributed by atoms with Crippen molar-refractivity contribution < 1.29 is 23.9 Å². The molecular weight excluding hydrogens is 412 g/mol. The molecule has 0 radical (unpaired) electrons. The molecule has 180 valence electrons. The molecule has 1 atom stereocenters. The van der Waals surface area contributed by atoms with E-state index >= 15 is 0 Å². The number of hydrogen-bond donors (Lipinski definition) is 1. The number of rotatable bonds is 9. The van der Waals surface area contributed by atoms with Crippen molar-refractivity contribution in [3.63, 3.8) is 0 Å². The number of carbonyl (C=O) groups excluding carboxylic acids is 3. The molecule has 9 heteroatoms. The Kier molecular flexibility index (Phi) is 9.50. The van der Waals surface area contributed by atoms with Crippen LogP contribution in [0.5, 0.6) is 0 Å². The molecule has 0 aliphatic carbocycles. The summed E-state index contributed by atoms with van der Waals surface area (Å²) in [5.41, 5.74) is 1.40. The third-order valence-corrected chi connectivity index (χ3v) is 6.48. The standard InChI is InChI=1S/C23H38N4O5/c1-3-4-6-27-18(2)20(23(30)26-10-14-32-15-11-26)16-19(22(27)29)17-21(28)24-5-7-25-8-12-31-13-9-25/h19H,3-17H2,1-2H3,(H,24,28). The first-order valence-electron chi connectivity index (χ1n) is 12.0. The van der Waals surface area contributed by atoms with Gasteiger partial charge in [0, 0.05) is 63.5 Å². The van der Waals surface area contributed by atoms with E-state index in [9.17, 15) is 14.4 Å². The van der Waals surface area contributed by atoms with Crippen molar-refractivity contribution in [2.45, 2.75) is 39.5 Å². The summed E-state index contributed by atoms with van der Waals surface area (Å²) in [5, 5.41) is 2.95. The zero-order valence-corrected chi connectivity index (χ0v) is 19.6. The number of nitrogens with zero attached hydrogens (tertiary/aromatic N) is 3. The first kappa shape index (κ1) is 24.7. The smallest absolute Gasteiger partial charge is 0.251 e. The summed E-state index contributed by atoms with van der Waals surface area (Å²) < 4.78 is 10.7. The molecule has 32 heavy (non-hydrogen) atoms. The summed E-state index contributed by atoms with van der Waals surface area (Å²) in [4.78, 5) is 44.8. The Hall–Kier alpha value is -1.97. The van der Waals surface area contributed by atoms with E-state index in [1.165, 1.54) is 0 Å². The quantitative estimate of drug-likeness (QED) is 0.553. The molecule has 0 saturated carbocycles. The van der Waals surface area contributed by atoms with Crippen LogP contribution < -0.4 is 5.32 Å². The summed E-state index contributed by atoms with van der Waals surface area (Å²) in [5.74, 6) is -0.709. The van der Waals surface area contributed by atoms with Crippen LogP contribution in [0.25, 0.3) is 0 Å². The summed E-state index contributed by atoms with van der Waals surface area (Å²) in [6.45, 7) is 11.2. The Balaban J connectivity index is 1.62. The van der Waals surface area contributed by atoms with Gasteiger partial charge < -0.3 is 24.6 Å². The van der Waals surface area contributed by atoms with Gasteiger partial charge in [0.1, 0.15) is 0 Å². The highest BCUT2D eigenvalue weighted by atomic mass is 16.5. The fraction of sp³-hybridized carbons (Fsp3) is 0.783. The number of ether oxygens (including phenoxy) is 2. The van der Waals surface area contributed by atoms with Gasteiger partial charge in [0.25, 0.3) is 5.91 Å². The Bertz CT molecular complexity index is 699. The minimum atomic E-state index is -0.501. The van der Waals surface area contributed by atoms with Crippen LogP contribution in [0.4, 0.5) is 0 Å². The Morgan fingerprint density at radius 3 is 2.34 bits per heavy atom. The molecule has 3 rings (SSSR count). The highest BCUT2D eigenvalue weighted by Gasteiger charge is 2.37. The lowest BCUT2D eigenvalue weighted by Crippen LogP contribution is -2.47. The molecule has 2 saturated heterocycles. The van der Waals surface area contributed by atoms with Crippen LogP contribution in [0.3, 0.4) is 0 Å². The van der Waals surface area contributed by atoms with E-state index in [2.05, 4.69) is 17.1 Å². The number of unbranched alkanes of at least 4 members (excludes halogenated alkanes) is 1. The van der Waals surface area contributed by atoms with Crippen molar-refractivity contribution in [3.05, 3.63) is 11.3 Å². The lowest BCUT2D eigenvalue weighted by molar-refractivity contribution is -0.139. The molecule has 3 amide bonds. The second kappa shape index (κ2) is 12.3. The number of carbonyl (C=O) groups is 3. The third kappa shape index (κ3) is 6.52. The highest BCUT2D eigenvalue weighted by molar-refractivity contribution is 5.98. The maximum atomic E-state index is 13.2. The SMILES string of the molecule is CCCCN1C(=O)C(CC(=O)NCCN2CCOCC2)CC(C(=O)N2CCOCC2)=C1C. The minimum Gasteiger partial charge on any atom is -0.379 e. The third-order valence-electron chi connectivity index (χ3n) is 6.48. The maximum absolute atomic E-state index is 13.2. The Morgan fingerprint density at radius 2 is 1.69 bits per heavy atom. The zero-order valence-electron chi connectivity index (χ0n) is 19.6. The van der Waals surface area contributed by atoms with Crippen molar-refractivity contribution in [2.75, 3.05) is 72.2 Å². The van der Waals surface area contributed by atoms with Gasteiger partial charge in [-0.05, 0) is 19.8 Å². The second-order valence-electron chi connectivity index (χ2n) is 8.72. The van der Waals surface area contributed by atoms with Gasteiger partial charge in [-0.1, -0.05) is 13.3 Å². The predicted molar refractivity (Wildman–Crippen MR) is 120 cm³/mol. The molecule has 0 spiro atoms. The fourth-order valence-corrected chi connectivity index (χ4v) is 4.46. The lowest BCUT2D eigenvalue weighted by atomic mass is 9.88. The van der Waals surface area contributed by atoms with Crippen LogP contribution >= 0.6 is 0 Å².